The first-order valence-corrected chi connectivity index (χ1v) is 14.1. The zero-order valence-corrected chi connectivity index (χ0v) is 18.8. The lowest BCUT2D eigenvalue weighted by Gasteiger charge is -2.16. The quantitative estimate of drug-likeness (QED) is 0.325. The fourth-order valence-electron chi connectivity index (χ4n) is 4.40. The van der Waals surface area contributed by atoms with Crippen LogP contribution in [0.25, 0.3) is 33.9 Å². The van der Waals surface area contributed by atoms with E-state index in [1.807, 2.05) is 6.26 Å². The second-order valence-electron chi connectivity index (χ2n) is 9.08. The third-order valence-corrected chi connectivity index (χ3v) is 7.99. The minimum atomic E-state index is -1.45. The third kappa shape index (κ3) is 3.38. The van der Waals surface area contributed by atoms with Gasteiger partial charge in [-0.1, -0.05) is 92.4 Å². The van der Waals surface area contributed by atoms with Gasteiger partial charge in [0, 0.05) is 6.42 Å². The van der Waals surface area contributed by atoms with Crippen molar-refractivity contribution in [1.29, 1.82) is 0 Å². The maximum absolute atomic E-state index is 5.98. The molecule has 1 aromatic heterocycles. The van der Waals surface area contributed by atoms with Gasteiger partial charge < -0.3 is 4.42 Å². The SMILES string of the molecule is C[Si](C)(C)c1ccoc1C1=Cc2cccc(-c3ccc(-c4ccccc4)cc3)c2C1. The Labute approximate surface area is 179 Å². The third-order valence-electron chi connectivity index (χ3n) is 5.98. The standard InChI is InChI=1S/C28H26OSi/c1-30(2,3)27-16-17-29-28(27)24-18-23-10-7-11-25(26(23)19-24)22-14-12-21(13-15-22)20-8-5-4-6-9-20/h4-18H,19H2,1-3H3. The number of fused-ring (bicyclic) bond motifs is 1. The van der Waals surface area contributed by atoms with Crippen molar-refractivity contribution in [2.45, 2.75) is 26.1 Å². The molecule has 0 fully saturated rings. The molecule has 3 aromatic carbocycles. The van der Waals surface area contributed by atoms with Crippen LogP contribution in [0.2, 0.25) is 19.6 Å². The van der Waals surface area contributed by atoms with E-state index in [-0.39, 0.29) is 0 Å². The van der Waals surface area contributed by atoms with Crippen LogP contribution in [0.15, 0.2) is 89.5 Å². The van der Waals surface area contributed by atoms with Crippen molar-refractivity contribution in [1.82, 2.24) is 0 Å². The van der Waals surface area contributed by atoms with Crippen LogP contribution in [0.4, 0.5) is 0 Å². The minimum absolute atomic E-state index is 0.928. The van der Waals surface area contributed by atoms with Crippen LogP contribution < -0.4 is 5.19 Å². The molecule has 2 heteroatoms. The van der Waals surface area contributed by atoms with E-state index in [0.29, 0.717) is 0 Å². The van der Waals surface area contributed by atoms with Gasteiger partial charge in [0.1, 0.15) is 5.76 Å². The Hall–Kier alpha value is -3.10. The van der Waals surface area contributed by atoms with E-state index in [2.05, 4.69) is 105 Å². The molecule has 0 N–H and O–H groups in total. The van der Waals surface area contributed by atoms with Crippen molar-refractivity contribution in [3.05, 3.63) is 102 Å². The smallest absolute Gasteiger partial charge is 0.129 e. The zero-order valence-electron chi connectivity index (χ0n) is 17.8. The molecule has 4 aromatic rings. The monoisotopic (exact) mass is 406 g/mol. The fraction of sp³-hybridized carbons (Fsp3) is 0.143. The summed E-state index contributed by atoms with van der Waals surface area (Å²) in [7, 11) is -1.45. The maximum atomic E-state index is 5.98. The van der Waals surface area contributed by atoms with E-state index in [1.165, 1.54) is 44.1 Å². The van der Waals surface area contributed by atoms with E-state index < -0.39 is 8.07 Å². The highest BCUT2D eigenvalue weighted by molar-refractivity contribution is 6.89. The second-order valence-corrected chi connectivity index (χ2v) is 14.1. The highest BCUT2D eigenvalue weighted by atomic mass is 28.3. The summed E-state index contributed by atoms with van der Waals surface area (Å²) < 4.78 is 5.98. The predicted molar refractivity (Wildman–Crippen MR) is 131 cm³/mol. The molecule has 0 bridgehead atoms. The molecule has 1 aliphatic carbocycles. The van der Waals surface area contributed by atoms with Gasteiger partial charge in [0.15, 0.2) is 0 Å². The molecule has 1 heterocycles. The average molecular weight is 407 g/mol. The van der Waals surface area contributed by atoms with Gasteiger partial charge in [-0.05, 0) is 56.3 Å². The lowest BCUT2D eigenvalue weighted by atomic mass is 9.94. The minimum Gasteiger partial charge on any atom is -0.465 e. The molecule has 0 amide bonds. The topological polar surface area (TPSA) is 13.1 Å². The molecular weight excluding hydrogens is 380 g/mol. The summed E-state index contributed by atoms with van der Waals surface area (Å²) in [6.07, 6.45) is 5.10. The zero-order chi connectivity index (χ0) is 20.7. The number of hydrogen-bond acceptors (Lipinski definition) is 1. The molecule has 0 radical (unpaired) electrons. The summed E-state index contributed by atoms with van der Waals surface area (Å²) in [4.78, 5) is 0. The Bertz CT molecular complexity index is 1220. The lowest BCUT2D eigenvalue weighted by Crippen LogP contribution is -2.38. The van der Waals surface area contributed by atoms with Crippen molar-refractivity contribution in [3.63, 3.8) is 0 Å². The van der Waals surface area contributed by atoms with Crippen LogP contribution >= 0.6 is 0 Å². The molecule has 0 saturated carbocycles. The van der Waals surface area contributed by atoms with E-state index in [4.69, 9.17) is 4.42 Å². The van der Waals surface area contributed by atoms with Gasteiger partial charge in [0.2, 0.25) is 0 Å². The molecule has 1 aliphatic rings. The summed E-state index contributed by atoms with van der Waals surface area (Å²) in [6.45, 7) is 7.14. The first kappa shape index (κ1) is 18.9. The number of furan rings is 1. The van der Waals surface area contributed by atoms with Crippen molar-refractivity contribution in [2.75, 3.05) is 0 Å². The Morgan fingerprint density at radius 3 is 2.13 bits per heavy atom. The molecule has 0 atom stereocenters. The number of hydrogen-bond donors (Lipinski definition) is 0. The predicted octanol–water partition coefficient (Wildman–Crippen LogP) is 7.26. The second kappa shape index (κ2) is 7.30. The summed E-state index contributed by atoms with van der Waals surface area (Å²) in [5.74, 6) is 1.09. The van der Waals surface area contributed by atoms with Gasteiger partial charge in [-0.25, -0.2) is 0 Å². The van der Waals surface area contributed by atoms with Gasteiger partial charge in [0.25, 0.3) is 0 Å². The number of rotatable bonds is 4. The molecule has 30 heavy (non-hydrogen) atoms. The van der Waals surface area contributed by atoms with Crippen LogP contribution in [0.3, 0.4) is 0 Å². The van der Waals surface area contributed by atoms with E-state index >= 15 is 0 Å². The van der Waals surface area contributed by atoms with Gasteiger partial charge in [-0.3, -0.25) is 0 Å². The van der Waals surface area contributed by atoms with Crippen molar-refractivity contribution in [2.24, 2.45) is 0 Å². The first-order valence-electron chi connectivity index (χ1n) is 10.6. The van der Waals surface area contributed by atoms with Crippen molar-refractivity contribution in [3.8, 4) is 22.3 Å². The lowest BCUT2D eigenvalue weighted by molar-refractivity contribution is 0.554. The summed E-state index contributed by atoms with van der Waals surface area (Å²) in [5.41, 5.74) is 9.11. The number of allylic oxidation sites excluding steroid dienone is 1. The molecule has 0 saturated heterocycles. The van der Waals surface area contributed by atoms with E-state index in [1.54, 1.807) is 0 Å². The molecule has 0 spiro atoms. The Balaban J connectivity index is 1.48. The van der Waals surface area contributed by atoms with Gasteiger partial charge in [-0.2, -0.15) is 0 Å². The summed E-state index contributed by atoms with van der Waals surface area (Å²) in [6, 6.07) is 28.3. The highest BCUT2D eigenvalue weighted by Gasteiger charge is 2.27. The van der Waals surface area contributed by atoms with Crippen LogP contribution in [0.5, 0.6) is 0 Å². The van der Waals surface area contributed by atoms with E-state index in [9.17, 15) is 0 Å². The van der Waals surface area contributed by atoms with Crippen molar-refractivity contribution < 1.29 is 4.42 Å². The molecular formula is C28H26OSi. The number of benzene rings is 3. The Kier molecular flexibility index (Phi) is 4.60. The van der Waals surface area contributed by atoms with Gasteiger partial charge >= 0.3 is 0 Å². The Morgan fingerprint density at radius 1 is 0.700 bits per heavy atom. The average Bonchev–Trinajstić information content (AvgIpc) is 3.41. The molecule has 0 unspecified atom stereocenters. The summed E-state index contributed by atoms with van der Waals surface area (Å²) in [5, 5.41) is 1.41. The van der Waals surface area contributed by atoms with E-state index in [0.717, 1.165) is 12.2 Å². The van der Waals surface area contributed by atoms with Crippen LogP contribution in [0, 0.1) is 0 Å². The van der Waals surface area contributed by atoms with Gasteiger partial charge in [-0.15, -0.1) is 0 Å². The van der Waals surface area contributed by atoms with Gasteiger partial charge in [0.05, 0.1) is 14.3 Å². The molecule has 5 rings (SSSR count). The van der Waals surface area contributed by atoms with Crippen LogP contribution in [-0.2, 0) is 6.42 Å². The van der Waals surface area contributed by atoms with Crippen molar-refractivity contribution >= 4 is 24.9 Å². The van der Waals surface area contributed by atoms with Crippen LogP contribution in [-0.4, -0.2) is 8.07 Å². The highest BCUT2D eigenvalue weighted by Crippen LogP contribution is 2.38. The fourth-order valence-corrected chi connectivity index (χ4v) is 5.87. The molecule has 148 valence electrons. The molecule has 1 nitrogen and oxygen atoms in total. The van der Waals surface area contributed by atoms with Crippen LogP contribution in [0.1, 0.15) is 16.9 Å². The maximum Gasteiger partial charge on any atom is 0.129 e. The Morgan fingerprint density at radius 2 is 1.40 bits per heavy atom. The normalized spacial score (nSPS) is 13.2. The molecule has 0 aliphatic heterocycles. The summed E-state index contributed by atoms with van der Waals surface area (Å²) >= 11 is 0. The first-order chi connectivity index (χ1) is 14.5. The largest absolute Gasteiger partial charge is 0.465 e.